The second-order valence-corrected chi connectivity index (χ2v) is 9.21. The molecule has 1 atom stereocenters. The van der Waals surface area contributed by atoms with Crippen LogP contribution >= 0.6 is 11.6 Å². The van der Waals surface area contributed by atoms with Gasteiger partial charge in [0.25, 0.3) is 5.91 Å². The van der Waals surface area contributed by atoms with Gasteiger partial charge in [-0.15, -0.1) is 0 Å². The van der Waals surface area contributed by atoms with E-state index in [1.165, 1.54) is 6.20 Å². The summed E-state index contributed by atoms with van der Waals surface area (Å²) >= 11 is 6.68. The average Bonchev–Trinajstić information content (AvgIpc) is 3.58. The topological polar surface area (TPSA) is 101 Å². The maximum atomic E-state index is 15.3. The third kappa shape index (κ3) is 4.55. The lowest BCUT2D eigenvalue weighted by molar-refractivity contribution is -0.123. The fourth-order valence-electron chi connectivity index (χ4n) is 4.53. The molecule has 35 heavy (non-hydrogen) atoms. The Morgan fingerprint density at radius 2 is 1.94 bits per heavy atom. The van der Waals surface area contributed by atoms with Crippen molar-refractivity contribution in [3.8, 4) is 5.75 Å². The highest BCUT2D eigenvalue weighted by Gasteiger charge is 2.32. The number of amides is 1. The van der Waals surface area contributed by atoms with E-state index in [1.54, 1.807) is 21.6 Å². The molecule has 10 heteroatoms. The van der Waals surface area contributed by atoms with Gasteiger partial charge in [-0.1, -0.05) is 29.8 Å². The first-order chi connectivity index (χ1) is 16.8. The summed E-state index contributed by atoms with van der Waals surface area (Å²) in [6.07, 6.45) is 3.53. The van der Waals surface area contributed by atoms with Gasteiger partial charge >= 0.3 is 5.97 Å². The van der Waals surface area contributed by atoms with Crippen LogP contribution in [0, 0.1) is 5.82 Å². The number of anilines is 1. The predicted octanol–water partition coefficient (Wildman–Crippen LogP) is 3.60. The van der Waals surface area contributed by atoms with Crippen molar-refractivity contribution in [1.82, 2.24) is 9.88 Å². The first-order valence-corrected chi connectivity index (χ1v) is 11.7. The number of carbonyl (C=O) groups excluding carboxylic acids is 1. The number of benzene rings is 2. The first kappa shape index (κ1) is 23.2. The van der Waals surface area contributed by atoms with Crippen molar-refractivity contribution in [1.29, 1.82) is 0 Å². The molecule has 0 bridgehead atoms. The number of aromatic carboxylic acids is 1. The van der Waals surface area contributed by atoms with Gasteiger partial charge in [-0.25, -0.2) is 9.18 Å². The minimum atomic E-state index is -1.36. The zero-order valence-electron chi connectivity index (χ0n) is 18.7. The molecule has 2 heterocycles. The summed E-state index contributed by atoms with van der Waals surface area (Å²) in [5.41, 5.74) is -0.686. The van der Waals surface area contributed by atoms with Gasteiger partial charge in [0.05, 0.1) is 21.6 Å². The number of rotatable bonds is 7. The highest BCUT2D eigenvalue weighted by atomic mass is 35.5. The number of nitrogens with one attached hydrogen (secondary N) is 1. The van der Waals surface area contributed by atoms with Gasteiger partial charge in [0, 0.05) is 31.4 Å². The monoisotopic (exact) mass is 499 g/mol. The Morgan fingerprint density at radius 3 is 2.63 bits per heavy atom. The van der Waals surface area contributed by atoms with E-state index in [9.17, 15) is 19.5 Å². The Morgan fingerprint density at radius 1 is 1.20 bits per heavy atom. The van der Waals surface area contributed by atoms with E-state index >= 15 is 4.39 Å². The van der Waals surface area contributed by atoms with Gasteiger partial charge in [0.2, 0.25) is 5.43 Å². The molecule has 1 aliphatic heterocycles. The molecular weight excluding hydrogens is 477 g/mol. The third-order valence-electron chi connectivity index (χ3n) is 6.34. The Balaban J connectivity index is 1.38. The quantitative estimate of drug-likeness (QED) is 0.515. The molecule has 2 fully saturated rings. The maximum Gasteiger partial charge on any atom is 0.341 e. The maximum absolute atomic E-state index is 15.3. The molecule has 1 amide bonds. The summed E-state index contributed by atoms with van der Waals surface area (Å²) in [4.78, 5) is 38.4. The van der Waals surface area contributed by atoms with E-state index in [4.69, 9.17) is 16.3 Å². The van der Waals surface area contributed by atoms with Crippen LogP contribution in [0.5, 0.6) is 5.75 Å². The Bertz CT molecular complexity index is 1370. The number of nitrogens with zero attached hydrogens (tertiary/aromatic N) is 2. The lowest BCUT2D eigenvalue weighted by atomic mass is 10.1. The molecule has 3 aromatic rings. The van der Waals surface area contributed by atoms with Crippen molar-refractivity contribution in [2.75, 3.05) is 24.6 Å². The number of carboxylic acid groups (broad SMARTS) is 1. The second kappa shape index (κ2) is 9.22. The first-order valence-electron chi connectivity index (χ1n) is 11.4. The minimum Gasteiger partial charge on any atom is -0.484 e. The molecule has 182 valence electrons. The summed E-state index contributed by atoms with van der Waals surface area (Å²) in [7, 11) is 0. The van der Waals surface area contributed by atoms with Crippen LogP contribution in [-0.4, -0.2) is 47.3 Å². The molecule has 0 radical (unpaired) electrons. The van der Waals surface area contributed by atoms with Crippen LogP contribution in [-0.2, 0) is 4.79 Å². The van der Waals surface area contributed by atoms with Crippen molar-refractivity contribution in [3.63, 3.8) is 0 Å². The van der Waals surface area contributed by atoms with Crippen molar-refractivity contribution >= 4 is 40.1 Å². The summed E-state index contributed by atoms with van der Waals surface area (Å²) < 4.78 is 22.4. The highest BCUT2D eigenvalue weighted by molar-refractivity contribution is 6.38. The molecular formula is C25H23ClFN3O5. The molecule has 2 aliphatic rings. The Hall–Kier alpha value is -3.59. The van der Waals surface area contributed by atoms with Crippen LogP contribution in [0.15, 0.2) is 47.4 Å². The number of hydrogen-bond donors (Lipinski definition) is 2. The SMILES string of the molecule is O=C(COc1ccccc1)NC1CCN(c2c(F)cc3c(=O)c(C(=O)O)cn(C4CC4)c3c2Cl)C1. The fraction of sp³-hybridized carbons (Fsp3) is 0.320. The molecule has 1 saturated carbocycles. The lowest BCUT2D eigenvalue weighted by Gasteiger charge is -2.23. The number of para-hydroxylation sites is 1. The number of carbonyl (C=O) groups is 2. The molecule has 2 N–H and O–H groups in total. The zero-order valence-corrected chi connectivity index (χ0v) is 19.4. The molecule has 2 aromatic carbocycles. The normalized spacial score (nSPS) is 17.5. The molecule has 1 aliphatic carbocycles. The van der Waals surface area contributed by atoms with Crippen molar-refractivity contribution in [3.05, 3.63) is 69.2 Å². The molecule has 8 nitrogen and oxygen atoms in total. The van der Waals surface area contributed by atoms with Gasteiger partial charge in [-0.05, 0) is 37.5 Å². The lowest BCUT2D eigenvalue weighted by Crippen LogP contribution is -2.39. The van der Waals surface area contributed by atoms with E-state index in [-0.39, 0.29) is 40.7 Å². The summed E-state index contributed by atoms with van der Waals surface area (Å²) in [5, 5.41) is 12.4. The van der Waals surface area contributed by atoms with Gasteiger partial charge in [0.15, 0.2) is 6.61 Å². The molecule has 1 saturated heterocycles. The van der Waals surface area contributed by atoms with E-state index < -0.39 is 22.8 Å². The Kier molecular flexibility index (Phi) is 6.10. The van der Waals surface area contributed by atoms with Crippen LogP contribution in [0.4, 0.5) is 10.1 Å². The van der Waals surface area contributed by atoms with Crippen molar-refractivity contribution in [2.24, 2.45) is 0 Å². The molecule has 1 unspecified atom stereocenters. The fourth-order valence-corrected chi connectivity index (χ4v) is 4.94. The van der Waals surface area contributed by atoms with Crippen LogP contribution in [0.25, 0.3) is 10.9 Å². The minimum absolute atomic E-state index is 0.0160. The number of pyridine rings is 1. The largest absolute Gasteiger partial charge is 0.484 e. The van der Waals surface area contributed by atoms with Gasteiger partial charge < -0.3 is 24.6 Å². The van der Waals surface area contributed by atoms with E-state index in [0.717, 1.165) is 18.9 Å². The number of fused-ring (bicyclic) bond motifs is 1. The molecule has 1 aromatic heterocycles. The number of hydrogen-bond acceptors (Lipinski definition) is 5. The summed E-state index contributed by atoms with van der Waals surface area (Å²) in [6.45, 7) is 0.652. The number of carboxylic acids is 1. The number of aromatic nitrogens is 1. The number of halogens is 2. The van der Waals surface area contributed by atoms with Gasteiger partial charge in [-0.2, -0.15) is 0 Å². The van der Waals surface area contributed by atoms with Crippen molar-refractivity contribution in [2.45, 2.75) is 31.3 Å². The average molecular weight is 500 g/mol. The van der Waals surface area contributed by atoms with Gasteiger partial charge in [0.1, 0.15) is 17.1 Å². The van der Waals surface area contributed by atoms with Crippen LogP contribution in [0.2, 0.25) is 5.02 Å². The van der Waals surface area contributed by atoms with E-state index in [2.05, 4.69) is 5.32 Å². The third-order valence-corrected chi connectivity index (χ3v) is 6.70. The van der Waals surface area contributed by atoms with Crippen LogP contribution < -0.4 is 20.4 Å². The van der Waals surface area contributed by atoms with Crippen LogP contribution in [0.3, 0.4) is 0 Å². The zero-order chi connectivity index (χ0) is 24.7. The van der Waals surface area contributed by atoms with Crippen molar-refractivity contribution < 1.29 is 23.8 Å². The van der Waals surface area contributed by atoms with E-state index in [1.807, 2.05) is 18.2 Å². The van der Waals surface area contributed by atoms with Gasteiger partial charge in [-0.3, -0.25) is 9.59 Å². The Labute approximate surface area is 204 Å². The standard InChI is InChI=1S/C25H23ClFN3O5/c26-21-22-17(24(32)18(25(33)34)12-30(22)15-6-7-15)10-19(27)23(21)29-9-8-14(11-29)28-20(31)13-35-16-4-2-1-3-5-16/h1-5,10,12,14-15H,6-9,11,13H2,(H,28,31)(H,33,34). The van der Waals surface area contributed by atoms with Crippen LogP contribution in [0.1, 0.15) is 35.7 Å². The smallest absolute Gasteiger partial charge is 0.341 e. The summed E-state index contributed by atoms with van der Waals surface area (Å²) in [6, 6.07) is 9.86. The number of ether oxygens (including phenoxy) is 1. The van der Waals surface area contributed by atoms with E-state index in [0.29, 0.717) is 30.8 Å². The molecule has 5 rings (SSSR count). The molecule has 0 spiro atoms. The summed E-state index contributed by atoms with van der Waals surface area (Å²) in [5.74, 6) is -1.76. The second-order valence-electron chi connectivity index (χ2n) is 8.83. The predicted molar refractivity (Wildman–Crippen MR) is 129 cm³/mol. The highest BCUT2D eigenvalue weighted by Crippen LogP contribution is 2.42.